The quantitative estimate of drug-likeness (QED) is 0.621. The van der Waals surface area contributed by atoms with E-state index in [0.717, 1.165) is 6.07 Å². The lowest BCUT2D eigenvalue weighted by atomic mass is 9.90. The molecule has 0 unspecified atom stereocenters. The summed E-state index contributed by atoms with van der Waals surface area (Å²) in [5.41, 5.74) is -5.05. The molecule has 1 aliphatic rings. The molecular formula is C11H9F3O4S. The molecule has 104 valence electrons. The van der Waals surface area contributed by atoms with Gasteiger partial charge >= 0.3 is 15.6 Å². The number of benzene rings is 1. The van der Waals surface area contributed by atoms with Gasteiger partial charge in [-0.3, -0.25) is 4.79 Å². The minimum atomic E-state index is -5.71. The Hall–Kier alpha value is -1.57. The maximum atomic E-state index is 12.2. The van der Waals surface area contributed by atoms with Crippen molar-refractivity contribution in [2.45, 2.75) is 24.8 Å². The van der Waals surface area contributed by atoms with Gasteiger partial charge in [0, 0.05) is 17.5 Å². The van der Waals surface area contributed by atoms with E-state index in [1.54, 1.807) is 0 Å². The van der Waals surface area contributed by atoms with Gasteiger partial charge in [-0.05, 0) is 18.9 Å². The highest BCUT2D eigenvalue weighted by atomic mass is 32.2. The Balaban J connectivity index is 2.43. The number of halogens is 3. The summed E-state index contributed by atoms with van der Waals surface area (Å²) in [5, 5.41) is 0. The fourth-order valence-corrected chi connectivity index (χ4v) is 2.38. The molecule has 0 aliphatic heterocycles. The maximum absolute atomic E-state index is 12.2. The molecule has 0 spiro atoms. The number of hydrogen-bond donors (Lipinski definition) is 0. The number of alkyl halides is 3. The number of hydrogen-bond acceptors (Lipinski definition) is 4. The summed E-state index contributed by atoms with van der Waals surface area (Å²) in [6.45, 7) is 0. The van der Waals surface area contributed by atoms with E-state index < -0.39 is 21.4 Å². The molecular weight excluding hydrogens is 285 g/mol. The van der Waals surface area contributed by atoms with Gasteiger partial charge in [-0.2, -0.15) is 21.6 Å². The Morgan fingerprint density at radius 1 is 1.16 bits per heavy atom. The highest BCUT2D eigenvalue weighted by Gasteiger charge is 2.48. The van der Waals surface area contributed by atoms with Crippen LogP contribution in [0.2, 0.25) is 0 Å². The predicted molar refractivity (Wildman–Crippen MR) is 59.3 cm³/mol. The lowest BCUT2D eigenvalue weighted by Gasteiger charge is -2.18. The molecule has 0 amide bonds. The van der Waals surface area contributed by atoms with Gasteiger partial charge in [-0.25, -0.2) is 0 Å². The fourth-order valence-electron chi connectivity index (χ4n) is 1.89. The summed E-state index contributed by atoms with van der Waals surface area (Å²) in [4.78, 5) is 11.6. The van der Waals surface area contributed by atoms with Crippen LogP contribution in [0.15, 0.2) is 18.2 Å². The second-order valence-electron chi connectivity index (χ2n) is 4.04. The minimum Gasteiger partial charge on any atom is -0.376 e. The van der Waals surface area contributed by atoms with Crippen molar-refractivity contribution in [3.63, 3.8) is 0 Å². The molecule has 1 aliphatic carbocycles. The maximum Gasteiger partial charge on any atom is 0.534 e. The lowest BCUT2D eigenvalue weighted by molar-refractivity contribution is -0.0500. The molecule has 0 radical (unpaired) electrons. The Morgan fingerprint density at radius 3 is 2.47 bits per heavy atom. The first kappa shape index (κ1) is 13.9. The number of rotatable bonds is 2. The number of carbonyl (C=O) groups excluding carboxylic acids is 1. The van der Waals surface area contributed by atoms with E-state index in [0.29, 0.717) is 19.3 Å². The van der Waals surface area contributed by atoms with Crippen LogP contribution in [-0.4, -0.2) is 19.7 Å². The number of ketones is 1. The van der Waals surface area contributed by atoms with Gasteiger partial charge < -0.3 is 4.18 Å². The van der Waals surface area contributed by atoms with Gasteiger partial charge in [0.05, 0.1) is 0 Å². The summed E-state index contributed by atoms with van der Waals surface area (Å²) in [7, 11) is -5.71. The van der Waals surface area contributed by atoms with Crippen LogP contribution in [0.25, 0.3) is 0 Å². The van der Waals surface area contributed by atoms with Crippen molar-refractivity contribution in [1.29, 1.82) is 0 Å². The third kappa shape index (κ3) is 2.58. The zero-order chi connectivity index (χ0) is 14.3. The third-order valence-electron chi connectivity index (χ3n) is 2.75. The van der Waals surface area contributed by atoms with E-state index >= 15 is 0 Å². The van der Waals surface area contributed by atoms with Crippen LogP contribution in [0.3, 0.4) is 0 Å². The van der Waals surface area contributed by atoms with Crippen LogP contribution in [0.5, 0.6) is 5.75 Å². The normalized spacial score (nSPS) is 16.1. The highest BCUT2D eigenvalue weighted by molar-refractivity contribution is 7.88. The largest absolute Gasteiger partial charge is 0.534 e. The first-order chi connectivity index (χ1) is 8.72. The molecule has 1 aromatic rings. The summed E-state index contributed by atoms with van der Waals surface area (Å²) < 4.78 is 62.8. The zero-order valence-corrected chi connectivity index (χ0v) is 10.3. The minimum absolute atomic E-state index is 0.214. The highest BCUT2D eigenvalue weighted by Crippen LogP contribution is 2.33. The Bertz CT molecular complexity index is 619. The van der Waals surface area contributed by atoms with Crippen molar-refractivity contribution >= 4 is 15.9 Å². The second kappa shape index (κ2) is 4.52. The van der Waals surface area contributed by atoms with Crippen molar-refractivity contribution in [3.8, 4) is 5.75 Å². The molecule has 0 saturated carbocycles. The van der Waals surface area contributed by atoms with Gasteiger partial charge in [-0.1, -0.05) is 12.1 Å². The first-order valence-corrected chi connectivity index (χ1v) is 6.79. The molecule has 0 heterocycles. The van der Waals surface area contributed by atoms with Crippen molar-refractivity contribution in [1.82, 2.24) is 0 Å². The van der Waals surface area contributed by atoms with Crippen molar-refractivity contribution in [3.05, 3.63) is 29.3 Å². The van der Waals surface area contributed by atoms with E-state index in [4.69, 9.17) is 0 Å². The number of carbonyl (C=O) groups is 1. The average molecular weight is 294 g/mol. The average Bonchev–Trinajstić information content (AvgIpc) is 2.28. The molecule has 8 heteroatoms. The molecule has 0 atom stereocenters. The van der Waals surface area contributed by atoms with Gasteiger partial charge in [0.25, 0.3) is 0 Å². The standard InChI is InChI=1S/C11H9F3O4S/c12-11(13,14)19(16,17)18-10-6-2-3-7-8(10)4-1-5-9(7)15/h2-3,6H,1,4-5H2. The summed E-state index contributed by atoms with van der Waals surface area (Å²) in [5.74, 6) is -0.654. The Kier molecular flexibility index (Phi) is 3.29. The Morgan fingerprint density at radius 2 is 1.84 bits per heavy atom. The van der Waals surface area contributed by atoms with Gasteiger partial charge in [0.1, 0.15) is 5.75 Å². The van der Waals surface area contributed by atoms with Gasteiger partial charge in [0.15, 0.2) is 5.78 Å². The van der Waals surface area contributed by atoms with E-state index in [1.165, 1.54) is 12.1 Å². The molecule has 0 fully saturated rings. The fraction of sp³-hybridized carbons (Fsp3) is 0.364. The topological polar surface area (TPSA) is 60.4 Å². The van der Waals surface area contributed by atoms with E-state index in [1.807, 2.05) is 0 Å². The van der Waals surface area contributed by atoms with E-state index in [-0.39, 0.29) is 16.9 Å². The second-order valence-corrected chi connectivity index (χ2v) is 5.58. The van der Waals surface area contributed by atoms with Crippen molar-refractivity contribution < 1.29 is 30.6 Å². The Labute approximate surface area is 107 Å². The molecule has 1 aromatic carbocycles. The molecule has 0 saturated heterocycles. The summed E-state index contributed by atoms with van der Waals surface area (Å²) in [6, 6.07) is 3.86. The first-order valence-electron chi connectivity index (χ1n) is 5.38. The van der Waals surface area contributed by atoms with Crippen LogP contribution in [0.4, 0.5) is 13.2 Å². The number of fused-ring (bicyclic) bond motifs is 1. The lowest BCUT2D eigenvalue weighted by Crippen LogP contribution is -2.28. The van der Waals surface area contributed by atoms with Crippen LogP contribution in [0.1, 0.15) is 28.8 Å². The molecule has 19 heavy (non-hydrogen) atoms. The van der Waals surface area contributed by atoms with Gasteiger partial charge in [-0.15, -0.1) is 0 Å². The predicted octanol–water partition coefficient (Wildman–Crippen LogP) is 2.43. The van der Waals surface area contributed by atoms with Crippen LogP contribution < -0.4 is 4.18 Å². The van der Waals surface area contributed by atoms with Crippen LogP contribution >= 0.6 is 0 Å². The SMILES string of the molecule is O=C1CCCc2c(OS(=O)(=O)C(F)(F)F)cccc21. The van der Waals surface area contributed by atoms with E-state index in [9.17, 15) is 26.4 Å². The molecule has 0 bridgehead atoms. The van der Waals surface area contributed by atoms with E-state index in [2.05, 4.69) is 4.18 Å². The molecule has 0 aromatic heterocycles. The smallest absolute Gasteiger partial charge is 0.376 e. The van der Waals surface area contributed by atoms with Crippen molar-refractivity contribution in [2.75, 3.05) is 0 Å². The third-order valence-corrected chi connectivity index (χ3v) is 3.71. The molecule has 0 N–H and O–H groups in total. The van der Waals surface area contributed by atoms with Crippen molar-refractivity contribution in [2.24, 2.45) is 0 Å². The summed E-state index contributed by atoms with van der Waals surface area (Å²) in [6.07, 6.45) is 1.06. The van der Waals surface area contributed by atoms with Crippen LogP contribution in [-0.2, 0) is 16.5 Å². The molecule has 4 nitrogen and oxygen atoms in total. The zero-order valence-electron chi connectivity index (χ0n) is 9.53. The summed E-state index contributed by atoms with van der Waals surface area (Å²) >= 11 is 0. The molecule has 2 rings (SSSR count). The number of Topliss-reactive ketones (excluding diaryl/α,β-unsaturated/α-hetero) is 1. The monoisotopic (exact) mass is 294 g/mol. The van der Waals surface area contributed by atoms with Crippen LogP contribution in [0, 0.1) is 0 Å². The van der Waals surface area contributed by atoms with Gasteiger partial charge in [0.2, 0.25) is 0 Å².